The Bertz CT molecular complexity index is 638. The quantitative estimate of drug-likeness (QED) is 0.688. The molecule has 0 radical (unpaired) electrons. The average molecular weight is 313 g/mol. The summed E-state index contributed by atoms with van der Waals surface area (Å²) in [4.78, 5) is 0.997. The maximum Gasteiger partial charge on any atom is 0.243 e. The Morgan fingerprint density at radius 2 is 2.15 bits per heavy atom. The van der Waals surface area contributed by atoms with Crippen LogP contribution in [0.15, 0.2) is 35.7 Å². The third kappa shape index (κ3) is 2.06. The van der Waals surface area contributed by atoms with Crippen LogP contribution in [0.3, 0.4) is 0 Å². The van der Waals surface area contributed by atoms with Crippen molar-refractivity contribution in [2.45, 2.75) is 29.6 Å². The van der Waals surface area contributed by atoms with Gasteiger partial charge >= 0.3 is 0 Å². The van der Waals surface area contributed by atoms with Crippen molar-refractivity contribution in [3.8, 4) is 0 Å². The first kappa shape index (κ1) is 15.4. The van der Waals surface area contributed by atoms with Crippen molar-refractivity contribution < 1.29 is 13.5 Å². The van der Waals surface area contributed by atoms with Gasteiger partial charge in [0.1, 0.15) is 10.9 Å². The molecule has 110 valence electrons. The Kier molecular flexibility index (Phi) is 3.92. The molecule has 0 fully saturated rings. The summed E-state index contributed by atoms with van der Waals surface area (Å²) in [5.74, 6) is 0. The highest BCUT2D eigenvalue weighted by atomic mass is 32.2. The van der Waals surface area contributed by atoms with E-state index < -0.39 is 20.9 Å². The van der Waals surface area contributed by atoms with Gasteiger partial charge in [-0.3, -0.25) is 4.31 Å². The fraction of sp³-hybridized carbons (Fsp3) is 0.429. The second kappa shape index (κ2) is 5.09. The molecule has 1 atom stereocenters. The lowest BCUT2D eigenvalue weighted by Crippen LogP contribution is -2.52. The maximum atomic E-state index is 12.7. The van der Waals surface area contributed by atoms with Crippen LogP contribution >= 0.6 is 11.8 Å². The number of anilines is 1. The lowest BCUT2D eigenvalue weighted by molar-refractivity contribution is 0.137. The van der Waals surface area contributed by atoms with Gasteiger partial charge in [0, 0.05) is 10.5 Å². The van der Waals surface area contributed by atoms with Gasteiger partial charge in [-0.05, 0) is 38.3 Å². The van der Waals surface area contributed by atoms with E-state index in [4.69, 9.17) is 0 Å². The normalized spacial score (nSPS) is 23.2. The van der Waals surface area contributed by atoms with Gasteiger partial charge in [0.25, 0.3) is 0 Å². The van der Waals surface area contributed by atoms with Gasteiger partial charge in [-0.2, -0.15) is 0 Å². The summed E-state index contributed by atoms with van der Waals surface area (Å²) >= 11 is 1.56. The van der Waals surface area contributed by atoms with Crippen molar-refractivity contribution in [3.63, 3.8) is 0 Å². The van der Waals surface area contributed by atoms with Crippen LogP contribution in [0.5, 0.6) is 0 Å². The van der Waals surface area contributed by atoms with Crippen LogP contribution in [0, 0.1) is 0 Å². The van der Waals surface area contributed by atoms with Gasteiger partial charge in [-0.25, -0.2) is 8.42 Å². The Hall–Kier alpha value is -0.980. The highest BCUT2D eigenvalue weighted by Crippen LogP contribution is 2.46. The summed E-state index contributed by atoms with van der Waals surface area (Å²) < 4.78 is 25.4. The number of benzene rings is 1. The lowest BCUT2D eigenvalue weighted by atomic mass is 9.96. The summed E-state index contributed by atoms with van der Waals surface area (Å²) in [6.07, 6.45) is 2.45. The molecule has 2 rings (SSSR count). The number of hydrogen-bond donors (Lipinski definition) is 1. The molecule has 0 amide bonds. The van der Waals surface area contributed by atoms with E-state index in [1.54, 1.807) is 37.8 Å². The van der Waals surface area contributed by atoms with E-state index in [2.05, 4.69) is 6.58 Å². The topological polar surface area (TPSA) is 57.6 Å². The van der Waals surface area contributed by atoms with Crippen LogP contribution in [-0.2, 0) is 10.0 Å². The second-order valence-electron chi connectivity index (χ2n) is 5.26. The fourth-order valence-electron chi connectivity index (χ4n) is 2.35. The van der Waals surface area contributed by atoms with Gasteiger partial charge in [0.2, 0.25) is 10.0 Å². The molecule has 1 heterocycles. The van der Waals surface area contributed by atoms with Crippen molar-refractivity contribution in [1.29, 1.82) is 0 Å². The minimum Gasteiger partial charge on any atom is -0.387 e. The van der Waals surface area contributed by atoms with Gasteiger partial charge in [0.05, 0.1) is 12.2 Å². The predicted octanol–water partition coefficient (Wildman–Crippen LogP) is 2.56. The molecule has 4 nitrogen and oxygen atoms in total. The summed E-state index contributed by atoms with van der Waals surface area (Å²) in [5, 5.41) is 10.5. The van der Waals surface area contributed by atoms with Crippen LogP contribution in [0.2, 0.25) is 0 Å². The molecule has 20 heavy (non-hydrogen) atoms. The fourth-order valence-corrected chi connectivity index (χ4v) is 4.50. The molecular weight excluding hydrogens is 294 g/mol. The minimum absolute atomic E-state index is 0.199. The van der Waals surface area contributed by atoms with Gasteiger partial charge in [-0.1, -0.05) is 6.08 Å². The number of aliphatic hydroxyl groups excluding tert-OH is 1. The minimum atomic E-state index is -3.64. The number of rotatable bonds is 3. The first-order valence-electron chi connectivity index (χ1n) is 6.26. The van der Waals surface area contributed by atoms with E-state index in [0.717, 1.165) is 4.90 Å². The first-order valence-corrected chi connectivity index (χ1v) is 8.93. The van der Waals surface area contributed by atoms with Crippen molar-refractivity contribution in [2.24, 2.45) is 0 Å². The molecule has 0 saturated carbocycles. The number of aliphatic hydroxyl groups is 1. The molecule has 0 aromatic heterocycles. The molecule has 1 N–H and O–H groups in total. The number of thioether (sulfide) groups is 1. The average Bonchev–Trinajstić information content (AvgIpc) is 2.41. The number of nitrogens with zero attached hydrogens (tertiary/aromatic N) is 1. The lowest BCUT2D eigenvalue weighted by Gasteiger charge is -2.42. The molecule has 1 unspecified atom stereocenters. The van der Waals surface area contributed by atoms with Gasteiger partial charge in [-0.15, -0.1) is 18.3 Å². The number of sulfonamides is 1. The zero-order chi connectivity index (χ0) is 15.1. The highest BCUT2D eigenvalue weighted by molar-refractivity contribution is 7.98. The third-order valence-corrected chi connectivity index (χ3v) is 6.91. The summed E-state index contributed by atoms with van der Waals surface area (Å²) in [6.45, 7) is 6.93. The first-order chi connectivity index (χ1) is 9.27. The van der Waals surface area contributed by atoms with E-state index in [1.165, 1.54) is 4.31 Å². The molecule has 0 bridgehead atoms. The molecule has 1 aliphatic rings. The Morgan fingerprint density at radius 3 is 2.70 bits per heavy atom. The second-order valence-corrected chi connectivity index (χ2v) is 8.58. The van der Waals surface area contributed by atoms with Crippen LogP contribution < -0.4 is 4.31 Å². The molecular formula is C14H19NO3S2. The molecule has 6 heteroatoms. The van der Waals surface area contributed by atoms with Crippen molar-refractivity contribution in [2.75, 3.05) is 17.1 Å². The van der Waals surface area contributed by atoms with Crippen LogP contribution in [0.1, 0.15) is 25.5 Å². The Labute approximate surface area is 124 Å². The van der Waals surface area contributed by atoms with Crippen molar-refractivity contribution in [3.05, 3.63) is 36.4 Å². The highest BCUT2D eigenvalue weighted by Gasteiger charge is 2.50. The zero-order valence-electron chi connectivity index (χ0n) is 11.8. The molecule has 1 aliphatic heterocycles. The molecule has 1 aromatic carbocycles. The summed E-state index contributed by atoms with van der Waals surface area (Å²) in [6, 6.07) is 5.47. The zero-order valence-corrected chi connectivity index (χ0v) is 13.5. The van der Waals surface area contributed by atoms with Crippen molar-refractivity contribution in [1.82, 2.24) is 0 Å². The number of fused-ring (bicyclic) bond motifs is 1. The van der Waals surface area contributed by atoms with Crippen LogP contribution in [0.25, 0.3) is 0 Å². The van der Waals surface area contributed by atoms with E-state index in [1.807, 2.05) is 18.4 Å². The molecule has 0 saturated heterocycles. The van der Waals surface area contributed by atoms with E-state index >= 15 is 0 Å². The van der Waals surface area contributed by atoms with Gasteiger partial charge < -0.3 is 5.11 Å². The molecule has 0 aliphatic carbocycles. The third-order valence-electron chi connectivity index (χ3n) is 3.71. The maximum absolute atomic E-state index is 12.7. The van der Waals surface area contributed by atoms with E-state index in [9.17, 15) is 13.5 Å². The van der Waals surface area contributed by atoms with Gasteiger partial charge in [0.15, 0.2) is 0 Å². The molecule has 0 spiro atoms. The SMILES string of the molecule is C=CCN1c2ccc(SC)cc2C(O)C(C)(C)S1(=O)=O. The number of hydrogen-bond acceptors (Lipinski definition) is 4. The molecule has 1 aromatic rings. The van der Waals surface area contributed by atoms with Crippen LogP contribution in [0.4, 0.5) is 5.69 Å². The summed E-state index contributed by atoms with van der Waals surface area (Å²) in [7, 11) is -3.64. The largest absolute Gasteiger partial charge is 0.387 e. The van der Waals surface area contributed by atoms with E-state index in [-0.39, 0.29) is 6.54 Å². The standard InChI is InChI=1S/C14H19NO3S2/c1-5-8-15-12-7-6-10(19-4)9-11(12)13(16)14(2,3)20(15,17)18/h5-7,9,13,16H,1,8H2,2-4H3. The Balaban J connectivity index is 2.73. The summed E-state index contributed by atoms with van der Waals surface area (Å²) in [5.41, 5.74) is 1.19. The van der Waals surface area contributed by atoms with Crippen LogP contribution in [-0.4, -0.2) is 31.1 Å². The Morgan fingerprint density at radius 1 is 1.50 bits per heavy atom. The van der Waals surface area contributed by atoms with E-state index in [0.29, 0.717) is 11.3 Å². The monoisotopic (exact) mass is 313 g/mol. The predicted molar refractivity (Wildman–Crippen MR) is 83.7 cm³/mol. The smallest absolute Gasteiger partial charge is 0.243 e. The van der Waals surface area contributed by atoms with Crippen molar-refractivity contribution >= 4 is 27.5 Å².